The van der Waals surface area contributed by atoms with Crippen molar-refractivity contribution in [3.05, 3.63) is 60.2 Å². The first-order chi connectivity index (χ1) is 14.0. The maximum Gasteiger partial charge on any atom is 0.265 e. The van der Waals surface area contributed by atoms with E-state index in [9.17, 15) is 13.2 Å². The molecule has 0 N–H and O–H groups in total. The molecule has 2 aliphatic rings. The first-order valence-electron chi connectivity index (χ1n) is 10.0. The smallest absolute Gasteiger partial charge is 0.265 e. The van der Waals surface area contributed by atoms with E-state index in [1.165, 1.54) is 4.31 Å². The van der Waals surface area contributed by atoms with E-state index in [2.05, 4.69) is 0 Å². The number of para-hydroxylation sites is 2. The number of benzene rings is 2. The monoisotopic (exact) mass is 414 g/mol. The second-order valence-corrected chi connectivity index (χ2v) is 9.63. The van der Waals surface area contributed by atoms with Gasteiger partial charge in [0, 0.05) is 13.1 Å². The van der Waals surface area contributed by atoms with Crippen molar-refractivity contribution >= 4 is 21.6 Å². The summed E-state index contributed by atoms with van der Waals surface area (Å²) in [5, 5.41) is 0. The molecule has 1 aliphatic carbocycles. The van der Waals surface area contributed by atoms with Gasteiger partial charge in [0.15, 0.2) is 6.10 Å². The van der Waals surface area contributed by atoms with Crippen LogP contribution >= 0.6 is 0 Å². The van der Waals surface area contributed by atoms with Gasteiger partial charge in [0.25, 0.3) is 5.91 Å². The topological polar surface area (TPSA) is 66.9 Å². The van der Waals surface area contributed by atoms with E-state index < -0.39 is 16.1 Å². The Bertz CT molecular complexity index is 971. The highest BCUT2D eigenvalue weighted by molar-refractivity contribution is 7.92. The maximum atomic E-state index is 13.3. The number of nitrogens with zero attached hydrogens (tertiary/aromatic N) is 2. The van der Waals surface area contributed by atoms with Gasteiger partial charge >= 0.3 is 0 Å². The van der Waals surface area contributed by atoms with Crippen molar-refractivity contribution in [1.29, 1.82) is 0 Å². The molecule has 0 aromatic heterocycles. The first-order valence-corrected chi connectivity index (χ1v) is 11.6. The van der Waals surface area contributed by atoms with Gasteiger partial charge in [-0.3, -0.25) is 9.10 Å². The molecule has 0 radical (unpaired) electrons. The van der Waals surface area contributed by atoms with Crippen molar-refractivity contribution in [2.24, 2.45) is 0 Å². The van der Waals surface area contributed by atoms with Gasteiger partial charge in [0.2, 0.25) is 10.0 Å². The van der Waals surface area contributed by atoms with Gasteiger partial charge < -0.3 is 9.64 Å². The van der Waals surface area contributed by atoms with Crippen LogP contribution in [0, 0.1) is 0 Å². The highest BCUT2D eigenvalue weighted by Crippen LogP contribution is 2.36. The van der Waals surface area contributed by atoms with Crippen molar-refractivity contribution in [2.75, 3.05) is 17.9 Å². The number of sulfonamides is 1. The molecule has 1 aliphatic heterocycles. The Morgan fingerprint density at radius 1 is 1.07 bits per heavy atom. The van der Waals surface area contributed by atoms with Crippen molar-refractivity contribution in [3.8, 4) is 5.75 Å². The van der Waals surface area contributed by atoms with E-state index in [0.717, 1.165) is 25.7 Å². The van der Waals surface area contributed by atoms with E-state index in [0.29, 0.717) is 17.0 Å². The van der Waals surface area contributed by atoms with Gasteiger partial charge in [-0.05, 0) is 30.5 Å². The second kappa shape index (κ2) is 8.06. The van der Waals surface area contributed by atoms with Gasteiger partial charge in [-0.1, -0.05) is 55.3 Å². The summed E-state index contributed by atoms with van der Waals surface area (Å²) in [5.74, 6) is 0.140. The van der Waals surface area contributed by atoms with E-state index in [1.807, 2.05) is 18.2 Å². The molecule has 0 saturated heterocycles. The van der Waals surface area contributed by atoms with Gasteiger partial charge in [0.05, 0.1) is 18.0 Å². The summed E-state index contributed by atoms with van der Waals surface area (Å²) in [6.07, 6.45) is 3.37. The van der Waals surface area contributed by atoms with Crippen LogP contribution in [0.3, 0.4) is 0 Å². The number of carbonyl (C=O) groups is 1. The molecule has 1 fully saturated rings. The van der Waals surface area contributed by atoms with E-state index in [1.54, 1.807) is 48.3 Å². The molecule has 1 atom stereocenters. The first kappa shape index (κ1) is 19.8. The normalized spacial score (nSPS) is 19.5. The minimum absolute atomic E-state index is 0.0118. The summed E-state index contributed by atoms with van der Waals surface area (Å²) in [4.78, 5) is 14.8. The largest absolute Gasteiger partial charge is 0.476 e. The van der Waals surface area contributed by atoms with Crippen LogP contribution in [-0.2, 0) is 20.6 Å². The van der Waals surface area contributed by atoms with E-state index in [4.69, 9.17) is 4.74 Å². The Morgan fingerprint density at radius 2 is 1.72 bits per heavy atom. The molecule has 4 rings (SSSR count). The average Bonchev–Trinajstić information content (AvgIpc) is 3.27. The van der Waals surface area contributed by atoms with E-state index >= 15 is 0 Å². The molecule has 0 spiro atoms. The lowest BCUT2D eigenvalue weighted by atomic mass is 10.1. The second-order valence-electron chi connectivity index (χ2n) is 7.73. The molecule has 7 heteroatoms. The van der Waals surface area contributed by atoms with Crippen molar-refractivity contribution in [3.63, 3.8) is 0 Å². The predicted molar refractivity (Wildman–Crippen MR) is 112 cm³/mol. The molecule has 2 aromatic carbocycles. The minimum Gasteiger partial charge on any atom is -0.476 e. The van der Waals surface area contributed by atoms with Gasteiger partial charge in [-0.2, -0.15) is 0 Å². The Kier molecular flexibility index (Phi) is 5.50. The molecule has 2 aromatic rings. The molecule has 1 saturated carbocycles. The van der Waals surface area contributed by atoms with Crippen LogP contribution in [-0.4, -0.2) is 45.0 Å². The number of fused-ring (bicyclic) bond motifs is 1. The van der Waals surface area contributed by atoms with Crippen LogP contribution in [0.25, 0.3) is 0 Å². The van der Waals surface area contributed by atoms with Crippen LogP contribution in [0.15, 0.2) is 54.6 Å². The highest BCUT2D eigenvalue weighted by Gasteiger charge is 2.39. The predicted octanol–water partition coefficient (Wildman–Crippen LogP) is 3.19. The summed E-state index contributed by atoms with van der Waals surface area (Å²) < 4.78 is 33.8. The molecular formula is C22H26N2O4S. The summed E-state index contributed by atoms with van der Waals surface area (Å²) in [6.45, 7) is -0.0118. The standard InChI is InChI=1S/C22H26N2O4S/c1-23(18-11-5-6-12-18)22(25)21-15-24(19-13-7-8-14-20(19)28-21)29(26,27)16-17-9-3-2-4-10-17/h2-4,7-10,13-14,18,21H,5-6,11-12,15-16H2,1H3. The fourth-order valence-corrected chi connectivity index (χ4v) is 5.74. The third-order valence-electron chi connectivity index (χ3n) is 5.76. The summed E-state index contributed by atoms with van der Waals surface area (Å²) in [5.41, 5.74) is 1.19. The number of anilines is 1. The quantitative estimate of drug-likeness (QED) is 0.754. The molecule has 154 valence electrons. The molecule has 1 heterocycles. The molecule has 6 nitrogen and oxygen atoms in total. The zero-order chi connectivity index (χ0) is 20.4. The number of hydrogen-bond acceptors (Lipinski definition) is 4. The Morgan fingerprint density at radius 3 is 2.45 bits per heavy atom. The number of likely N-dealkylation sites (N-methyl/N-ethyl adjacent to an activating group) is 1. The Labute approximate surface area is 172 Å². The lowest BCUT2D eigenvalue weighted by Gasteiger charge is -2.37. The molecule has 1 unspecified atom stereocenters. The van der Waals surface area contributed by atoms with Crippen LogP contribution in [0.1, 0.15) is 31.2 Å². The third kappa shape index (κ3) is 4.10. The SMILES string of the molecule is CN(C(=O)C1CN(S(=O)(=O)Cc2ccccc2)c2ccccc2O1)C1CCCC1. The van der Waals surface area contributed by atoms with Crippen LogP contribution < -0.4 is 9.04 Å². The zero-order valence-electron chi connectivity index (χ0n) is 16.5. The fraction of sp³-hybridized carbons (Fsp3) is 0.409. The third-order valence-corrected chi connectivity index (χ3v) is 7.47. The summed E-state index contributed by atoms with van der Waals surface area (Å²) >= 11 is 0. The molecular weight excluding hydrogens is 388 g/mol. The molecule has 1 amide bonds. The average molecular weight is 415 g/mol. The van der Waals surface area contributed by atoms with Crippen molar-refractivity contribution in [1.82, 2.24) is 4.90 Å². The van der Waals surface area contributed by atoms with Crippen molar-refractivity contribution in [2.45, 2.75) is 43.6 Å². The summed E-state index contributed by atoms with van der Waals surface area (Å²) in [6, 6.07) is 16.3. The number of amides is 1. The van der Waals surface area contributed by atoms with Crippen molar-refractivity contribution < 1.29 is 17.9 Å². The maximum absolute atomic E-state index is 13.3. The number of hydrogen-bond donors (Lipinski definition) is 0. The lowest BCUT2D eigenvalue weighted by Crippen LogP contribution is -2.52. The summed E-state index contributed by atoms with van der Waals surface area (Å²) in [7, 11) is -1.88. The zero-order valence-corrected chi connectivity index (χ0v) is 17.3. The lowest BCUT2D eigenvalue weighted by molar-refractivity contribution is -0.139. The van der Waals surface area contributed by atoms with Crippen LogP contribution in [0.2, 0.25) is 0 Å². The minimum atomic E-state index is -3.68. The van der Waals surface area contributed by atoms with Crippen LogP contribution in [0.4, 0.5) is 5.69 Å². The highest BCUT2D eigenvalue weighted by atomic mass is 32.2. The van der Waals surface area contributed by atoms with Gasteiger partial charge in [0.1, 0.15) is 5.75 Å². The number of ether oxygens (including phenoxy) is 1. The Balaban J connectivity index is 1.61. The Hall–Kier alpha value is -2.54. The molecule has 29 heavy (non-hydrogen) atoms. The number of rotatable bonds is 5. The van der Waals surface area contributed by atoms with Crippen LogP contribution in [0.5, 0.6) is 5.75 Å². The van der Waals surface area contributed by atoms with Gasteiger partial charge in [-0.25, -0.2) is 8.42 Å². The van der Waals surface area contributed by atoms with E-state index in [-0.39, 0.29) is 24.2 Å². The van der Waals surface area contributed by atoms with Gasteiger partial charge in [-0.15, -0.1) is 0 Å². The molecule has 0 bridgehead atoms. The fourth-order valence-electron chi connectivity index (χ4n) is 4.16. The number of carbonyl (C=O) groups excluding carboxylic acids is 1.